The first-order valence-electron chi connectivity index (χ1n) is 4.96. The number of nitrogens with zero attached hydrogens (tertiary/aromatic N) is 2. The number of halogens is 3. The summed E-state index contributed by atoms with van der Waals surface area (Å²) >= 11 is 0.818. The third-order valence-corrected chi connectivity index (χ3v) is 3.26. The van der Waals surface area contributed by atoms with E-state index in [1.165, 1.54) is 6.92 Å². The molecule has 102 valence electrons. The van der Waals surface area contributed by atoms with Gasteiger partial charge in [-0.1, -0.05) is 11.8 Å². The molecule has 2 heterocycles. The SMILES string of the molecule is Cc1c(C(F)(F)F)oc2ncnc(SCC(=O)O)c12. The number of alkyl halides is 3. The molecule has 0 spiro atoms. The van der Waals surface area contributed by atoms with E-state index < -0.39 is 17.9 Å². The number of carboxylic acids is 1. The van der Waals surface area contributed by atoms with E-state index in [4.69, 9.17) is 5.11 Å². The quantitative estimate of drug-likeness (QED) is 0.692. The summed E-state index contributed by atoms with van der Waals surface area (Å²) in [5.74, 6) is -2.54. The summed E-state index contributed by atoms with van der Waals surface area (Å²) in [6.07, 6.45) is -3.59. The first kappa shape index (κ1) is 13.7. The molecule has 0 saturated carbocycles. The Bertz CT molecular complexity index is 639. The highest BCUT2D eigenvalue weighted by atomic mass is 32.2. The van der Waals surface area contributed by atoms with Crippen LogP contribution in [0, 0.1) is 6.92 Å². The van der Waals surface area contributed by atoms with Crippen LogP contribution < -0.4 is 0 Å². The lowest BCUT2D eigenvalue weighted by molar-refractivity contribution is -0.152. The van der Waals surface area contributed by atoms with Crippen molar-refractivity contribution in [2.75, 3.05) is 5.75 Å². The first-order chi connectivity index (χ1) is 8.80. The molecule has 0 aromatic carbocycles. The van der Waals surface area contributed by atoms with Gasteiger partial charge in [-0.15, -0.1) is 0 Å². The minimum Gasteiger partial charge on any atom is -0.481 e. The molecule has 2 aromatic rings. The summed E-state index contributed by atoms with van der Waals surface area (Å²) in [6, 6.07) is 0. The molecule has 0 radical (unpaired) electrons. The number of aromatic nitrogens is 2. The van der Waals surface area contributed by atoms with Gasteiger partial charge in [-0.3, -0.25) is 4.79 Å². The van der Waals surface area contributed by atoms with E-state index in [2.05, 4.69) is 14.4 Å². The number of fused-ring (bicyclic) bond motifs is 1. The minimum atomic E-state index is -4.63. The van der Waals surface area contributed by atoms with Crippen molar-refractivity contribution in [1.82, 2.24) is 9.97 Å². The molecule has 2 rings (SSSR count). The summed E-state index contributed by atoms with van der Waals surface area (Å²) < 4.78 is 42.7. The smallest absolute Gasteiger partial charge is 0.449 e. The maximum Gasteiger partial charge on any atom is 0.449 e. The van der Waals surface area contributed by atoms with Gasteiger partial charge >= 0.3 is 12.1 Å². The van der Waals surface area contributed by atoms with Crippen molar-refractivity contribution in [2.45, 2.75) is 18.1 Å². The van der Waals surface area contributed by atoms with Gasteiger partial charge in [0.2, 0.25) is 11.5 Å². The number of hydrogen-bond donors (Lipinski definition) is 1. The zero-order valence-corrected chi connectivity index (χ0v) is 10.3. The van der Waals surface area contributed by atoms with Crippen LogP contribution in [0.15, 0.2) is 15.8 Å². The number of hydrogen-bond acceptors (Lipinski definition) is 5. The Balaban J connectivity index is 2.55. The van der Waals surface area contributed by atoms with Gasteiger partial charge in [0.15, 0.2) is 0 Å². The molecular weight excluding hydrogens is 285 g/mol. The molecule has 0 saturated heterocycles. The predicted octanol–water partition coefficient (Wildman–Crippen LogP) is 2.73. The number of furan rings is 1. The maximum absolute atomic E-state index is 12.7. The molecule has 0 unspecified atom stereocenters. The molecular formula is C10H7F3N2O3S. The van der Waals surface area contributed by atoms with Crippen molar-refractivity contribution in [1.29, 1.82) is 0 Å². The largest absolute Gasteiger partial charge is 0.481 e. The van der Waals surface area contributed by atoms with Crippen LogP contribution in [0.5, 0.6) is 0 Å². The molecule has 0 bridgehead atoms. The van der Waals surface area contributed by atoms with Crippen LogP contribution in [0.2, 0.25) is 0 Å². The van der Waals surface area contributed by atoms with Gasteiger partial charge in [0.25, 0.3) is 0 Å². The van der Waals surface area contributed by atoms with Crippen LogP contribution in [0.25, 0.3) is 11.1 Å². The lowest BCUT2D eigenvalue weighted by Gasteiger charge is -2.02. The second kappa shape index (κ2) is 4.72. The highest BCUT2D eigenvalue weighted by Crippen LogP contribution is 2.39. The number of rotatable bonds is 3. The molecule has 0 aliphatic rings. The van der Waals surface area contributed by atoms with Gasteiger partial charge in [-0.25, -0.2) is 9.97 Å². The van der Waals surface area contributed by atoms with Crippen molar-refractivity contribution in [3.05, 3.63) is 17.7 Å². The van der Waals surface area contributed by atoms with E-state index >= 15 is 0 Å². The van der Waals surface area contributed by atoms with Crippen molar-refractivity contribution in [2.24, 2.45) is 0 Å². The number of thioether (sulfide) groups is 1. The van der Waals surface area contributed by atoms with Crippen molar-refractivity contribution >= 4 is 28.8 Å². The van der Waals surface area contributed by atoms with Crippen molar-refractivity contribution < 1.29 is 27.5 Å². The zero-order chi connectivity index (χ0) is 14.2. The number of carboxylic acid groups (broad SMARTS) is 1. The van der Waals surface area contributed by atoms with E-state index in [0.717, 1.165) is 18.1 Å². The summed E-state index contributed by atoms with van der Waals surface area (Å²) in [5, 5.41) is 8.84. The molecule has 0 atom stereocenters. The summed E-state index contributed by atoms with van der Waals surface area (Å²) in [7, 11) is 0. The molecule has 0 aliphatic carbocycles. The highest BCUT2D eigenvalue weighted by molar-refractivity contribution is 8.00. The lowest BCUT2D eigenvalue weighted by Crippen LogP contribution is -2.04. The minimum absolute atomic E-state index is 0.0982. The lowest BCUT2D eigenvalue weighted by atomic mass is 10.2. The second-order valence-electron chi connectivity index (χ2n) is 3.60. The van der Waals surface area contributed by atoms with Gasteiger partial charge in [0, 0.05) is 5.56 Å². The Morgan fingerprint density at radius 2 is 2.16 bits per heavy atom. The van der Waals surface area contributed by atoms with Crippen LogP contribution in [0.1, 0.15) is 11.3 Å². The average molecular weight is 292 g/mol. The van der Waals surface area contributed by atoms with Crippen LogP contribution >= 0.6 is 11.8 Å². The van der Waals surface area contributed by atoms with Crippen LogP contribution in [0.4, 0.5) is 13.2 Å². The van der Waals surface area contributed by atoms with E-state index in [1.54, 1.807) is 0 Å². The van der Waals surface area contributed by atoms with Crippen LogP contribution in [-0.2, 0) is 11.0 Å². The number of carbonyl (C=O) groups is 1. The number of aryl methyl sites for hydroxylation is 1. The standard InChI is InChI=1S/C10H7F3N2O3S/c1-4-6-8(18-7(4)10(11,12)13)14-3-15-9(6)19-2-5(16)17/h3H,2H2,1H3,(H,16,17). The molecule has 5 nitrogen and oxygen atoms in total. The fourth-order valence-electron chi connectivity index (χ4n) is 1.55. The second-order valence-corrected chi connectivity index (χ2v) is 4.56. The molecule has 1 N–H and O–H groups in total. The Morgan fingerprint density at radius 3 is 2.74 bits per heavy atom. The normalized spacial score (nSPS) is 12.0. The molecule has 19 heavy (non-hydrogen) atoms. The molecule has 0 fully saturated rings. The fourth-order valence-corrected chi connectivity index (χ4v) is 2.32. The Hall–Kier alpha value is -1.77. The van der Waals surface area contributed by atoms with E-state index in [-0.39, 0.29) is 27.4 Å². The van der Waals surface area contributed by atoms with E-state index in [9.17, 15) is 18.0 Å². The van der Waals surface area contributed by atoms with Gasteiger partial charge in [0.1, 0.15) is 11.4 Å². The third-order valence-electron chi connectivity index (χ3n) is 2.28. The Labute approximate surface area is 108 Å². The molecule has 0 amide bonds. The van der Waals surface area contributed by atoms with Crippen molar-refractivity contribution in [3.8, 4) is 0 Å². The summed E-state index contributed by atoms with van der Waals surface area (Å²) in [5.41, 5.74) is -0.344. The average Bonchev–Trinajstić information content (AvgIpc) is 2.64. The highest BCUT2D eigenvalue weighted by Gasteiger charge is 2.38. The number of aliphatic carboxylic acids is 1. The molecule has 0 aliphatic heterocycles. The third kappa shape index (κ3) is 2.65. The fraction of sp³-hybridized carbons (Fsp3) is 0.300. The van der Waals surface area contributed by atoms with Crippen LogP contribution in [0.3, 0.4) is 0 Å². The van der Waals surface area contributed by atoms with Gasteiger partial charge in [0.05, 0.1) is 11.1 Å². The van der Waals surface area contributed by atoms with Gasteiger partial charge in [-0.05, 0) is 6.92 Å². The topological polar surface area (TPSA) is 76.2 Å². The van der Waals surface area contributed by atoms with Gasteiger partial charge in [-0.2, -0.15) is 13.2 Å². The summed E-state index contributed by atoms with van der Waals surface area (Å²) in [6.45, 7) is 1.24. The summed E-state index contributed by atoms with van der Waals surface area (Å²) in [4.78, 5) is 17.9. The van der Waals surface area contributed by atoms with E-state index in [1.807, 2.05) is 0 Å². The predicted molar refractivity (Wildman–Crippen MR) is 59.9 cm³/mol. The van der Waals surface area contributed by atoms with Crippen molar-refractivity contribution in [3.63, 3.8) is 0 Å². The monoisotopic (exact) mass is 292 g/mol. The Kier molecular flexibility index (Phi) is 3.40. The van der Waals surface area contributed by atoms with Gasteiger partial charge < -0.3 is 9.52 Å². The molecule has 2 aromatic heterocycles. The van der Waals surface area contributed by atoms with E-state index in [0.29, 0.717) is 0 Å². The Morgan fingerprint density at radius 1 is 1.47 bits per heavy atom. The first-order valence-corrected chi connectivity index (χ1v) is 5.95. The maximum atomic E-state index is 12.7. The molecule has 9 heteroatoms. The van der Waals surface area contributed by atoms with Crippen LogP contribution in [-0.4, -0.2) is 26.8 Å². The zero-order valence-electron chi connectivity index (χ0n) is 9.48.